The second-order valence-electron chi connectivity index (χ2n) is 4.06. The molecule has 0 aromatic carbocycles. The van der Waals surface area contributed by atoms with Gasteiger partial charge in [-0.05, 0) is 57.8 Å². The van der Waals surface area contributed by atoms with Gasteiger partial charge in [0.1, 0.15) is 4.60 Å². The van der Waals surface area contributed by atoms with Crippen molar-refractivity contribution in [2.24, 2.45) is 0 Å². The lowest BCUT2D eigenvalue weighted by Crippen LogP contribution is -1.96. The van der Waals surface area contributed by atoms with Crippen LogP contribution in [-0.2, 0) is 0 Å². The summed E-state index contributed by atoms with van der Waals surface area (Å²) in [6.45, 7) is 4.49. The Hall–Kier alpha value is -0.370. The summed E-state index contributed by atoms with van der Waals surface area (Å²) in [5.74, 6) is 1.41. The molecule has 1 nitrogen and oxygen atoms in total. The summed E-state index contributed by atoms with van der Waals surface area (Å²) in [6, 6.07) is 2.16. The van der Waals surface area contributed by atoms with Gasteiger partial charge in [0.15, 0.2) is 0 Å². The highest BCUT2D eigenvalue weighted by Gasteiger charge is 2.27. The van der Waals surface area contributed by atoms with Crippen LogP contribution < -0.4 is 0 Å². The molecule has 0 saturated heterocycles. The number of hydrogen-bond acceptors (Lipinski definition) is 1. The summed E-state index contributed by atoms with van der Waals surface area (Å²) in [7, 11) is 0. The largest absolute Gasteiger partial charge is 0.249 e. The maximum absolute atomic E-state index is 4.30. The minimum atomic E-state index is 0.606. The Morgan fingerprint density at radius 2 is 2.15 bits per heavy atom. The number of aromatic nitrogens is 1. The van der Waals surface area contributed by atoms with Crippen molar-refractivity contribution in [3.63, 3.8) is 0 Å². The lowest BCUT2D eigenvalue weighted by molar-refractivity contribution is 0.833. The van der Waals surface area contributed by atoms with E-state index in [4.69, 9.17) is 0 Å². The number of rotatable bonds is 2. The molecular formula is C11H14BrN. The molecule has 0 unspecified atom stereocenters. The first-order valence-electron chi connectivity index (χ1n) is 4.84. The predicted molar refractivity (Wildman–Crippen MR) is 58.0 cm³/mol. The molecular weight excluding hydrogens is 226 g/mol. The van der Waals surface area contributed by atoms with Gasteiger partial charge < -0.3 is 0 Å². The van der Waals surface area contributed by atoms with Gasteiger partial charge >= 0.3 is 0 Å². The maximum atomic E-state index is 4.30. The Morgan fingerprint density at radius 1 is 1.46 bits per heavy atom. The molecule has 1 aromatic rings. The average Bonchev–Trinajstić information content (AvgIpc) is 2.87. The average molecular weight is 240 g/mol. The van der Waals surface area contributed by atoms with Crippen molar-refractivity contribution in [2.75, 3.05) is 0 Å². The topological polar surface area (TPSA) is 12.9 Å². The fourth-order valence-electron chi connectivity index (χ4n) is 1.69. The number of hydrogen-bond donors (Lipinski definition) is 0. The van der Waals surface area contributed by atoms with Crippen molar-refractivity contribution in [3.8, 4) is 0 Å². The Labute approximate surface area is 87.7 Å². The van der Waals surface area contributed by atoms with E-state index in [0.717, 1.165) is 10.5 Å². The Balaban J connectivity index is 2.41. The van der Waals surface area contributed by atoms with Crippen molar-refractivity contribution >= 4 is 15.9 Å². The summed E-state index contributed by atoms with van der Waals surface area (Å²) >= 11 is 3.42. The molecule has 1 saturated carbocycles. The molecule has 1 fully saturated rings. The molecule has 2 heteroatoms. The Morgan fingerprint density at radius 3 is 2.69 bits per heavy atom. The third-order valence-corrected chi connectivity index (χ3v) is 3.01. The smallest absolute Gasteiger partial charge is 0.106 e. The minimum Gasteiger partial charge on any atom is -0.249 e. The van der Waals surface area contributed by atoms with Gasteiger partial charge in [0, 0.05) is 6.20 Å². The van der Waals surface area contributed by atoms with Crippen molar-refractivity contribution in [2.45, 2.75) is 38.5 Å². The van der Waals surface area contributed by atoms with Crippen LogP contribution in [0, 0.1) is 0 Å². The van der Waals surface area contributed by atoms with E-state index >= 15 is 0 Å². The molecule has 2 rings (SSSR count). The molecule has 0 N–H and O–H groups in total. The third kappa shape index (κ3) is 1.93. The van der Waals surface area contributed by atoms with E-state index in [2.05, 4.69) is 40.8 Å². The second kappa shape index (κ2) is 3.41. The summed E-state index contributed by atoms with van der Waals surface area (Å²) < 4.78 is 0.959. The summed E-state index contributed by atoms with van der Waals surface area (Å²) in [4.78, 5) is 4.30. The SMILES string of the molecule is CC(C)c1cc(Br)ncc1C1CC1. The first kappa shape index (κ1) is 9.20. The minimum absolute atomic E-state index is 0.606. The number of pyridine rings is 1. The van der Waals surface area contributed by atoms with E-state index in [9.17, 15) is 0 Å². The number of nitrogens with zero attached hydrogens (tertiary/aromatic N) is 1. The molecule has 0 radical (unpaired) electrons. The van der Waals surface area contributed by atoms with Gasteiger partial charge in [-0.2, -0.15) is 0 Å². The number of halogens is 1. The van der Waals surface area contributed by atoms with Gasteiger partial charge in [-0.25, -0.2) is 4.98 Å². The van der Waals surface area contributed by atoms with Crippen LogP contribution >= 0.6 is 15.9 Å². The zero-order valence-corrected chi connectivity index (χ0v) is 9.63. The van der Waals surface area contributed by atoms with E-state index in [1.807, 2.05) is 6.20 Å². The summed E-state index contributed by atoms with van der Waals surface area (Å²) in [5, 5.41) is 0. The van der Waals surface area contributed by atoms with Crippen LogP contribution in [-0.4, -0.2) is 4.98 Å². The van der Waals surface area contributed by atoms with Crippen LogP contribution in [0.1, 0.15) is 49.7 Å². The van der Waals surface area contributed by atoms with Gasteiger partial charge in [-0.3, -0.25) is 0 Å². The molecule has 70 valence electrons. The quantitative estimate of drug-likeness (QED) is 0.715. The third-order valence-electron chi connectivity index (χ3n) is 2.57. The monoisotopic (exact) mass is 239 g/mol. The maximum Gasteiger partial charge on any atom is 0.106 e. The van der Waals surface area contributed by atoms with Crippen LogP contribution in [0.3, 0.4) is 0 Å². The Kier molecular flexibility index (Phi) is 2.41. The molecule has 1 aromatic heterocycles. The molecule has 1 heterocycles. The van der Waals surface area contributed by atoms with Gasteiger partial charge in [-0.1, -0.05) is 13.8 Å². The van der Waals surface area contributed by atoms with E-state index < -0.39 is 0 Å². The van der Waals surface area contributed by atoms with E-state index in [1.165, 1.54) is 24.0 Å². The standard InChI is InChI=1S/C11H14BrN/c1-7(2)9-5-11(12)13-6-10(9)8-3-4-8/h5-8H,3-4H2,1-2H3. The Bertz CT molecular complexity index is 316. The fourth-order valence-corrected chi connectivity index (χ4v) is 2.04. The van der Waals surface area contributed by atoms with Crippen molar-refractivity contribution in [1.82, 2.24) is 4.98 Å². The lowest BCUT2D eigenvalue weighted by atomic mass is 9.97. The van der Waals surface area contributed by atoms with Crippen LogP contribution in [0.5, 0.6) is 0 Å². The van der Waals surface area contributed by atoms with Crippen molar-refractivity contribution in [3.05, 3.63) is 28.0 Å². The van der Waals surface area contributed by atoms with Crippen LogP contribution in [0.4, 0.5) is 0 Å². The van der Waals surface area contributed by atoms with E-state index in [-0.39, 0.29) is 0 Å². The molecule has 0 spiro atoms. The zero-order chi connectivity index (χ0) is 9.42. The first-order chi connectivity index (χ1) is 6.18. The molecule has 1 aliphatic carbocycles. The zero-order valence-electron chi connectivity index (χ0n) is 8.05. The summed E-state index contributed by atoms with van der Waals surface area (Å²) in [6.07, 6.45) is 4.74. The van der Waals surface area contributed by atoms with Crippen molar-refractivity contribution in [1.29, 1.82) is 0 Å². The molecule has 1 aliphatic rings. The normalized spacial score (nSPS) is 16.6. The first-order valence-corrected chi connectivity index (χ1v) is 5.63. The van der Waals surface area contributed by atoms with Crippen molar-refractivity contribution < 1.29 is 0 Å². The molecule has 0 amide bonds. The highest BCUT2D eigenvalue weighted by atomic mass is 79.9. The second-order valence-corrected chi connectivity index (χ2v) is 4.88. The lowest BCUT2D eigenvalue weighted by Gasteiger charge is -2.11. The molecule has 0 bridgehead atoms. The highest BCUT2D eigenvalue weighted by Crippen LogP contribution is 2.43. The molecule has 0 atom stereocenters. The van der Waals surface area contributed by atoms with Gasteiger partial charge in [-0.15, -0.1) is 0 Å². The van der Waals surface area contributed by atoms with Crippen LogP contribution in [0.2, 0.25) is 0 Å². The van der Waals surface area contributed by atoms with E-state index in [1.54, 1.807) is 0 Å². The highest BCUT2D eigenvalue weighted by molar-refractivity contribution is 9.10. The van der Waals surface area contributed by atoms with E-state index in [0.29, 0.717) is 5.92 Å². The predicted octanol–water partition coefficient (Wildman–Crippen LogP) is 3.84. The molecule has 13 heavy (non-hydrogen) atoms. The van der Waals surface area contributed by atoms with Gasteiger partial charge in [0.25, 0.3) is 0 Å². The van der Waals surface area contributed by atoms with Crippen LogP contribution in [0.15, 0.2) is 16.9 Å². The fraction of sp³-hybridized carbons (Fsp3) is 0.545. The summed E-state index contributed by atoms with van der Waals surface area (Å²) in [5.41, 5.74) is 2.93. The molecule has 0 aliphatic heterocycles. The van der Waals surface area contributed by atoms with Crippen LogP contribution in [0.25, 0.3) is 0 Å². The van der Waals surface area contributed by atoms with Gasteiger partial charge in [0.05, 0.1) is 0 Å². The van der Waals surface area contributed by atoms with Gasteiger partial charge in [0.2, 0.25) is 0 Å².